The molecule has 110 valence electrons. The van der Waals surface area contributed by atoms with Gasteiger partial charge in [-0.1, -0.05) is 6.42 Å². The van der Waals surface area contributed by atoms with Crippen LogP contribution in [0.4, 0.5) is 5.13 Å². The van der Waals surface area contributed by atoms with Gasteiger partial charge in [0.05, 0.1) is 5.69 Å². The van der Waals surface area contributed by atoms with E-state index < -0.39 is 0 Å². The third kappa shape index (κ3) is 2.73. The van der Waals surface area contributed by atoms with Gasteiger partial charge in [-0.25, -0.2) is 4.98 Å². The molecule has 3 atom stereocenters. The molecule has 0 aliphatic heterocycles. The van der Waals surface area contributed by atoms with Crippen LogP contribution in [-0.4, -0.2) is 24.6 Å². The highest BCUT2D eigenvalue weighted by atomic mass is 32.1. The summed E-state index contributed by atoms with van der Waals surface area (Å²) in [5, 5.41) is 6.98. The van der Waals surface area contributed by atoms with Crippen molar-refractivity contribution >= 4 is 16.5 Å². The topological polar surface area (TPSA) is 28.2 Å². The van der Waals surface area contributed by atoms with Crippen molar-refractivity contribution in [2.75, 3.05) is 18.5 Å². The van der Waals surface area contributed by atoms with Gasteiger partial charge in [0, 0.05) is 31.6 Å². The molecule has 0 saturated heterocycles. The molecular weight excluding hydrogens is 266 g/mol. The second-order valence-corrected chi connectivity index (χ2v) is 7.93. The Morgan fingerprint density at radius 2 is 2.20 bits per heavy atom. The van der Waals surface area contributed by atoms with Crippen molar-refractivity contribution in [3.63, 3.8) is 0 Å². The first-order valence-corrected chi connectivity index (χ1v) is 9.05. The second-order valence-electron chi connectivity index (χ2n) is 7.09. The van der Waals surface area contributed by atoms with Crippen molar-refractivity contribution in [1.29, 1.82) is 0 Å². The second kappa shape index (κ2) is 5.30. The molecule has 0 spiro atoms. The van der Waals surface area contributed by atoms with E-state index in [1.54, 1.807) is 0 Å². The third-order valence-electron chi connectivity index (χ3n) is 5.41. The Bertz CT molecular complexity index is 468. The van der Waals surface area contributed by atoms with Gasteiger partial charge in [0.15, 0.2) is 5.13 Å². The minimum atomic E-state index is 0.770. The summed E-state index contributed by atoms with van der Waals surface area (Å²) >= 11 is 1.81. The molecule has 3 aliphatic carbocycles. The minimum absolute atomic E-state index is 0.770. The first kappa shape index (κ1) is 13.1. The smallest absolute Gasteiger partial charge is 0.185 e. The van der Waals surface area contributed by atoms with Crippen LogP contribution in [0.5, 0.6) is 0 Å². The molecule has 20 heavy (non-hydrogen) atoms. The minimum Gasteiger partial charge on any atom is -0.351 e. The summed E-state index contributed by atoms with van der Waals surface area (Å²) in [5.41, 5.74) is 1.22. The molecule has 1 aromatic heterocycles. The van der Waals surface area contributed by atoms with Gasteiger partial charge in [-0.05, 0) is 49.9 Å². The first-order valence-electron chi connectivity index (χ1n) is 8.17. The largest absolute Gasteiger partial charge is 0.351 e. The standard InChI is InChI=1S/C16H25N3S/c1-19(9-13-7-11-2-3-12(13)6-11)16-18-15(10-20-16)8-17-14-4-5-14/h10-14,17H,2-9H2,1H3. The van der Waals surface area contributed by atoms with E-state index >= 15 is 0 Å². The molecule has 4 rings (SSSR count). The summed E-state index contributed by atoms with van der Waals surface area (Å²) in [4.78, 5) is 7.20. The molecule has 1 aromatic rings. The lowest BCUT2D eigenvalue weighted by Gasteiger charge is -2.26. The molecule has 1 N–H and O–H groups in total. The number of nitrogens with one attached hydrogen (secondary N) is 1. The SMILES string of the molecule is CN(CC1CC2CCC1C2)c1nc(CNC2CC2)cs1. The number of aromatic nitrogens is 1. The number of hydrogen-bond donors (Lipinski definition) is 1. The van der Waals surface area contributed by atoms with Crippen molar-refractivity contribution in [2.45, 2.75) is 51.1 Å². The van der Waals surface area contributed by atoms with Crippen molar-refractivity contribution in [3.8, 4) is 0 Å². The molecule has 2 bridgehead atoms. The Morgan fingerprint density at radius 3 is 2.90 bits per heavy atom. The van der Waals surface area contributed by atoms with Crippen LogP contribution in [-0.2, 0) is 6.54 Å². The monoisotopic (exact) mass is 291 g/mol. The van der Waals surface area contributed by atoms with Gasteiger partial charge in [0.2, 0.25) is 0 Å². The van der Waals surface area contributed by atoms with E-state index in [0.29, 0.717) is 0 Å². The molecule has 3 nitrogen and oxygen atoms in total. The van der Waals surface area contributed by atoms with Gasteiger partial charge in [0.25, 0.3) is 0 Å². The maximum Gasteiger partial charge on any atom is 0.185 e. The summed E-state index contributed by atoms with van der Waals surface area (Å²) < 4.78 is 0. The van der Waals surface area contributed by atoms with E-state index in [1.165, 1.54) is 55.9 Å². The number of fused-ring (bicyclic) bond motifs is 2. The van der Waals surface area contributed by atoms with E-state index in [-0.39, 0.29) is 0 Å². The molecule has 4 heteroatoms. The van der Waals surface area contributed by atoms with Crippen molar-refractivity contribution < 1.29 is 0 Å². The Morgan fingerprint density at radius 1 is 1.30 bits per heavy atom. The van der Waals surface area contributed by atoms with Gasteiger partial charge in [0.1, 0.15) is 0 Å². The van der Waals surface area contributed by atoms with Gasteiger partial charge in [-0.3, -0.25) is 0 Å². The fourth-order valence-corrected chi connectivity index (χ4v) is 4.92. The molecule has 3 aliphatic rings. The van der Waals surface area contributed by atoms with Crippen LogP contribution in [0.3, 0.4) is 0 Å². The average molecular weight is 291 g/mol. The maximum atomic E-state index is 4.80. The Kier molecular flexibility index (Phi) is 3.47. The normalized spacial score (nSPS) is 31.9. The first-order chi connectivity index (χ1) is 9.78. The summed E-state index contributed by atoms with van der Waals surface area (Å²) in [6.45, 7) is 2.16. The summed E-state index contributed by atoms with van der Waals surface area (Å²) in [5.74, 6) is 2.99. The van der Waals surface area contributed by atoms with Gasteiger partial charge < -0.3 is 10.2 Å². The molecule has 3 unspecified atom stereocenters. The van der Waals surface area contributed by atoms with Gasteiger partial charge in [-0.2, -0.15) is 0 Å². The van der Waals surface area contributed by atoms with Crippen molar-refractivity contribution in [3.05, 3.63) is 11.1 Å². The summed E-state index contributed by atoms with van der Waals surface area (Å²) in [7, 11) is 2.23. The maximum absolute atomic E-state index is 4.80. The van der Waals surface area contributed by atoms with Gasteiger partial charge in [-0.15, -0.1) is 11.3 Å². The summed E-state index contributed by atoms with van der Waals surface area (Å²) in [6.07, 6.45) is 8.66. The Hall–Kier alpha value is -0.610. The molecule has 0 aromatic carbocycles. The number of anilines is 1. The van der Waals surface area contributed by atoms with Gasteiger partial charge >= 0.3 is 0 Å². The van der Waals surface area contributed by atoms with E-state index in [4.69, 9.17) is 4.98 Å². The zero-order chi connectivity index (χ0) is 13.5. The predicted molar refractivity (Wildman–Crippen MR) is 84.2 cm³/mol. The highest BCUT2D eigenvalue weighted by Crippen LogP contribution is 2.48. The van der Waals surface area contributed by atoms with Crippen molar-refractivity contribution in [1.82, 2.24) is 10.3 Å². The van der Waals surface area contributed by atoms with Crippen LogP contribution in [0.15, 0.2) is 5.38 Å². The van der Waals surface area contributed by atoms with Crippen LogP contribution >= 0.6 is 11.3 Å². The number of thiazole rings is 1. The molecule has 3 saturated carbocycles. The van der Waals surface area contributed by atoms with E-state index in [0.717, 1.165) is 30.3 Å². The number of hydrogen-bond acceptors (Lipinski definition) is 4. The lowest BCUT2D eigenvalue weighted by atomic mass is 9.88. The zero-order valence-corrected chi connectivity index (χ0v) is 13.2. The van der Waals surface area contributed by atoms with Crippen LogP contribution in [0.25, 0.3) is 0 Å². The molecule has 3 fully saturated rings. The Labute approximate surface area is 125 Å². The molecule has 1 heterocycles. The lowest BCUT2D eigenvalue weighted by molar-refractivity contribution is 0.337. The van der Waals surface area contributed by atoms with E-state index in [2.05, 4.69) is 22.6 Å². The quantitative estimate of drug-likeness (QED) is 0.872. The number of nitrogens with zero attached hydrogens (tertiary/aromatic N) is 2. The number of rotatable bonds is 6. The third-order valence-corrected chi connectivity index (χ3v) is 6.41. The van der Waals surface area contributed by atoms with Crippen LogP contribution in [0.1, 0.15) is 44.2 Å². The van der Waals surface area contributed by atoms with Crippen LogP contribution < -0.4 is 10.2 Å². The molecular formula is C16H25N3S. The molecule has 0 radical (unpaired) electrons. The fraction of sp³-hybridized carbons (Fsp3) is 0.812. The molecule has 0 amide bonds. The van der Waals surface area contributed by atoms with Crippen LogP contribution in [0.2, 0.25) is 0 Å². The Balaban J connectivity index is 1.32. The fourth-order valence-electron chi connectivity index (χ4n) is 4.12. The van der Waals surface area contributed by atoms with Crippen LogP contribution in [0, 0.1) is 17.8 Å². The van der Waals surface area contributed by atoms with E-state index in [9.17, 15) is 0 Å². The van der Waals surface area contributed by atoms with Crippen molar-refractivity contribution in [2.24, 2.45) is 17.8 Å². The highest BCUT2D eigenvalue weighted by molar-refractivity contribution is 7.13. The summed E-state index contributed by atoms with van der Waals surface area (Å²) in [6, 6.07) is 0.770. The lowest BCUT2D eigenvalue weighted by Crippen LogP contribution is -2.28. The highest BCUT2D eigenvalue weighted by Gasteiger charge is 2.39. The zero-order valence-electron chi connectivity index (χ0n) is 12.3. The van der Waals surface area contributed by atoms with E-state index in [1.807, 2.05) is 11.3 Å². The predicted octanol–water partition coefficient (Wildman–Crippen LogP) is 3.27. The average Bonchev–Trinajstić information content (AvgIpc) is 2.89.